The Morgan fingerprint density at radius 1 is 1.25 bits per heavy atom. The number of rotatable bonds is 2. The maximum atomic E-state index is 12.1. The fourth-order valence-corrected chi connectivity index (χ4v) is 7.20. The molecule has 0 aliphatic carbocycles. The number of anilines is 1. The van der Waals surface area contributed by atoms with Gasteiger partial charge in [0.1, 0.15) is 0 Å². The van der Waals surface area contributed by atoms with E-state index in [-0.39, 0.29) is 34.6 Å². The van der Waals surface area contributed by atoms with E-state index in [0.29, 0.717) is 20.9 Å². The van der Waals surface area contributed by atoms with E-state index in [1.165, 1.54) is 11.8 Å². The van der Waals surface area contributed by atoms with Gasteiger partial charge in [0.2, 0.25) is 0 Å². The van der Waals surface area contributed by atoms with Gasteiger partial charge in [0, 0.05) is 26.9 Å². The Labute approximate surface area is 155 Å². The number of fused-ring (bicyclic) bond motifs is 1. The third-order valence-electron chi connectivity index (χ3n) is 3.89. The maximum Gasteiger partial charge on any atom is 0.250 e. The monoisotopic (exact) mass is 406 g/mol. The van der Waals surface area contributed by atoms with Crippen molar-refractivity contribution in [3.8, 4) is 0 Å². The molecule has 1 aromatic carbocycles. The van der Waals surface area contributed by atoms with Crippen LogP contribution in [0.4, 0.5) is 5.69 Å². The number of sulfone groups is 1. The molecular formula is C15H16Cl2N2O3S2. The van der Waals surface area contributed by atoms with E-state index < -0.39 is 9.84 Å². The highest BCUT2D eigenvalue weighted by atomic mass is 35.5. The van der Waals surface area contributed by atoms with E-state index in [0.717, 1.165) is 0 Å². The molecule has 3 rings (SSSR count). The molecule has 0 radical (unpaired) electrons. The summed E-state index contributed by atoms with van der Waals surface area (Å²) in [5.41, 5.74) is 0.653. The zero-order valence-electron chi connectivity index (χ0n) is 13.1. The number of amides is 1. The third-order valence-corrected chi connectivity index (χ3v) is 7.54. The highest BCUT2D eigenvalue weighted by Crippen LogP contribution is 2.42. The molecule has 1 amide bonds. The summed E-state index contributed by atoms with van der Waals surface area (Å²) in [4.78, 5) is 18.1. The van der Waals surface area contributed by atoms with Gasteiger partial charge in [-0.3, -0.25) is 4.79 Å². The fourth-order valence-electron chi connectivity index (χ4n) is 2.77. The Morgan fingerprint density at radius 3 is 2.46 bits per heavy atom. The Kier molecular flexibility index (Phi) is 4.90. The molecule has 2 aliphatic rings. The smallest absolute Gasteiger partial charge is 0.250 e. The first-order chi connectivity index (χ1) is 11.2. The van der Waals surface area contributed by atoms with Gasteiger partial charge in [-0.15, -0.1) is 0 Å². The van der Waals surface area contributed by atoms with Crippen LogP contribution in [-0.4, -0.2) is 42.3 Å². The molecule has 24 heavy (non-hydrogen) atoms. The van der Waals surface area contributed by atoms with Gasteiger partial charge in [0.15, 0.2) is 15.0 Å². The number of halogens is 2. The van der Waals surface area contributed by atoms with Gasteiger partial charge < -0.3 is 4.90 Å². The van der Waals surface area contributed by atoms with Crippen LogP contribution in [0.2, 0.25) is 10.0 Å². The molecule has 130 valence electrons. The second kappa shape index (κ2) is 6.52. The number of thioether (sulfide) groups is 1. The summed E-state index contributed by atoms with van der Waals surface area (Å²) in [6.07, 6.45) is 0. The van der Waals surface area contributed by atoms with Crippen molar-refractivity contribution >= 4 is 61.6 Å². The number of nitrogens with zero attached hydrogens (tertiary/aromatic N) is 2. The number of aliphatic imine (C=N–C) groups is 1. The van der Waals surface area contributed by atoms with Crippen LogP contribution >= 0.6 is 35.0 Å². The normalized spacial score (nSPS) is 27.0. The lowest BCUT2D eigenvalue weighted by Gasteiger charge is -2.25. The van der Waals surface area contributed by atoms with Crippen LogP contribution in [0.15, 0.2) is 23.2 Å². The molecule has 1 aromatic rings. The summed E-state index contributed by atoms with van der Waals surface area (Å²) in [7, 11) is -3.10. The maximum absolute atomic E-state index is 12.1. The first-order valence-electron chi connectivity index (χ1n) is 7.41. The fraction of sp³-hybridized carbons (Fsp3) is 0.467. The molecule has 2 atom stereocenters. The molecular weight excluding hydrogens is 391 g/mol. The molecule has 0 saturated carbocycles. The van der Waals surface area contributed by atoms with E-state index in [9.17, 15) is 13.2 Å². The lowest BCUT2D eigenvalue weighted by atomic mass is 10.2. The molecule has 0 unspecified atom stereocenters. The molecule has 2 saturated heterocycles. The highest BCUT2D eigenvalue weighted by molar-refractivity contribution is 8.16. The largest absolute Gasteiger partial charge is 0.315 e. The zero-order chi connectivity index (χ0) is 17.6. The Bertz CT molecular complexity index is 804. The predicted octanol–water partition coefficient (Wildman–Crippen LogP) is 3.25. The summed E-state index contributed by atoms with van der Waals surface area (Å²) in [5, 5.41) is 1.26. The van der Waals surface area contributed by atoms with Gasteiger partial charge >= 0.3 is 0 Å². The third kappa shape index (κ3) is 3.59. The SMILES string of the molecule is CC(C)C(=O)N=C1S[C@H]2CS(=O)(=O)C[C@H]2N1c1cc(Cl)cc(Cl)c1. The topological polar surface area (TPSA) is 66.8 Å². The highest BCUT2D eigenvalue weighted by Gasteiger charge is 2.49. The van der Waals surface area contributed by atoms with E-state index >= 15 is 0 Å². The lowest BCUT2D eigenvalue weighted by Crippen LogP contribution is -2.37. The van der Waals surface area contributed by atoms with Crippen molar-refractivity contribution < 1.29 is 13.2 Å². The van der Waals surface area contributed by atoms with Crippen molar-refractivity contribution in [2.24, 2.45) is 10.9 Å². The Hall–Kier alpha value is -0.760. The summed E-state index contributed by atoms with van der Waals surface area (Å²) < 4.78 is 24.0. The van der Waals surface area contributed by atoms with Crippen LogP contribution in [0.5, 0.6) is 0 Å². The molecule has 2 heterocycles. The molecule has 0 aromatic heterocycles. The van der Waals surface area contributed by atoms with Crippen molar-refractivity contribution in [3.63, 3.8) is 0 Å². The predicted molar refractivity (Wildman–Crippen MR) is 100 cm³/mol. The second-order valence-electron chi connectivity index (χ2n) is 6.19. The van der Waals surface area contributed by atoms with Crippen LogP contribution in [0.3, 0.4) is 0 Å². The number of carbonyl (C=O) groups is 1. The van der Waals surface area contributed by atoms with Gasteiger partial charge in [-0.2, -0.15) is 4.99 Å². The molecule has 0 spiro atoms. The summed E-state index contributed by atoms with van der Waals surface area (Å²) in [6, 6.07) is 4.75. The molecule has 5 nitrogen and oxygen atoms in total. The minimum Gasteiger partial charge on any atom is -0.315 e. The van der Waals surface area contributed by atoms with Crippen LogP contribution in [0.1, 0.15) is 13.8 Å². The second-order valence-corrected chi connectivity index (χ2v) is 10.4. The number of benzene rings is 1. The summed E-state index contributed by atoms with van der Waals surface area (Å²) in [6.45, 7) is 3.55. The van der Waals surface area contributed by atoms with Gasteiger partial charge in [-0.05, 0) is 18.2 Å². The van der Waals surface area contributed by atoms with E-state index in [1.54, 1.807) is 36.9 Å². The number of hydrogen-bond acceptors (Lipinski definition) is 4. The molecule has 2 aliphatic heterocycles. The minimum atomic E-state index is -3.10. The number of carbonyl (C=O) groups excluding carboxylic acids is 1. The van der Waals surface area contributed by atoms with Crippen molar-refractivity contribution in [1.82, 2.24) is 0 Å². The standard InChI is InChI=1S/C15H16Cl2N2O3S2/c1-8(2)14(20)18-15-19(11-4-9(16)3-10(17)5-11)12-6-24(21,22)7-13(12)23-15/h3-5,8,12-13H,6-7H2,1-2H3/t12-,13+/m1/s1. The average Bonchev–Trinajstić information content (AvgIpc) is 2.88. The van der Waals surface area contributed by atoms with Gasteiger partial charge in [-0.25, -0.2) is 8.42 Å². The van der Waals surface area contributed by atoms with Crippen molar-refractivity contribution in [1.29, 1.82) is 0 Å². The van der Waals surface area contributed by atoms with Gasteiger partial charge in [-0.1, -0.05) is 48.8 Å². The number of hydrogen-bond donors (Lipinski definition) is 0. The van der Waals surface area contributed by atoms with Crippen LogP contribution in [0, 0.1) is 5.92 Å². The molecule has 2 fully saturated rings. The lowest BCUT2D eigenvalue weighted by molar-refractivity contribution is -0.120. The number of amidine groups is 1. The van der Waals surface area contributed by atoms with E-state index in [4.69, 9.17) is 23.2 Å². The van der Waals surface area contributed by atoms with Crippen LogP contribution < -0.4 is 4.90 Å². The van der Waals surface area contributed by atoms with Gasteiger partial charge in [0.25, 0.3) is 5.91 Å². The molecule has 9 heteroatoms. The first kappa shape index (κ1) is 18.0. The van der Waals surface area contributed by atoms with E-state index in [2.05, 4.69) is 4.99 Å². The van der Waals surface area contributed by atoms with Crippen LogP contribution in [-0.2, 0) is 14.6 Å². The Balaban J connectivity index is 2.06. The summed E-state index contributed by atoms with van der Waals surface area (Å²) in [5.74, 6) is -0.350. The molecule has 0 bridgehead atoms. The average molecular weight is 407 g/mol. The summed E-state index contributed by atoms with van der Waals surface area (Å²) >= 11 is 13.5. The first-order valence-corrected chi connectivity index (χ1v) is 10.9. The quantitative estimate of drug-likeness (QED) is 0.753. The minimum absolute atomic E-state index is 0.0314. The van der Waals surface area contributed by atoms with Crippen molar-refractivity contribution in [2.75, 3.05) is 16.4 Å². The van der Waals surface area contributed by atoms with E-state index in [1.807, 2.05) is 0 Å². The van der Waals surface area contributed by atoms with Crippen molar-refractivity contribution in [3.05, 3.63) is 28.2 Å². The van der Waals surface area contributed by atoms with Crippen LogP contribution in [0.25, 0.3) is 0 Å². The molecule has 0 N–H and O–H groups in total. The zero-order valence-corrected chi connectivity index (χ0v) is 16.2. The Morgan fingerprint density at radius 2 is 1.88 bits per heavy atom. The van der Waals surface area contributed by atoms with Gasteiger partial charge in [0.05, 0.1) is 17.5 Å². The van der Waals surface area contributed by atoms with Crippen molar-refractivity contribution in [2.45, 2.75) is 25.1 Å².